The zero-order valence-electron chi connectivity index (χ0n) is 22.7. The molecule has 0 aliphatic carbocycles. The van der Waals surface area contributed by atoms with E-state index in [-0.39, 0.29) is 12.5 Å². The lowest BCUT2D eigenvalue weighted by molar-refractivity contribution is -0.00884. The lowest BCUT2D eigenvalue weighted by Gasteiger charge is -2.56. The Morgan fingerprint density at radius 2 is 2.00 bits per heavy atom. The van der Waals surface area contributed by atoms with Crippen molar-refractivity contribution in [2.45, 2.75) is 37.6 Å². The second-order valence-corrected chi connectivity index (χ2v) is 10.6. The normalized spacial score (nSPS) is 19.6. The molecule has 3 saturated heterocycles. The molecule has 208 valence electrons. The molecule has 3 unspecified atom stereocenters. The van der Waals surface area contributed by atoms with Gasteiger partial charge in [-0.15, -0.1) is 6.42 Å². The molecule has 11 heteroatoms. The number of aromatic nitrogens is 4. The van der Waals surface area contributed by atoms with Gasteiger partial charge in [-0.25, -0.2) is 18.9 Å². The molecule has 41 heavy (non-hydrogen) atoms. The minimum absolute atomic E-state index is 0.00681. The van der Waals surface area contributed by atoms with Crippen LogP contribution in [0.15, 0.2) is 49.1 Å². The van der Waals surface area contributed by atoms with Crippen LogP contribution in [-0.2, 0) is 6.54 Å². The van der Waals surface area contributed by atoms with Gasteiger partial charge in [0.1, 0.15) is 24.2 Å². The number of terminal acetylenes is 1. The zero-order chi connectivity index (χ0) is 28.7. The van der Waals surface area contributed by atoms with E-state index in [0.29, 0.717) is 35.5 Å². The highest BCUT2D eigenvalue weighted by Gasteiger charge is 2.44. The SMILES string of the molecule is C#CC(C)(O)COc1cc(-c2ccc(N3CC4CC(C3)N4Cc3cnc(OC)c(F)c3)nc2)c2c(C#N)cnn2c1. The molecule has 0 spiro atoms. The number of nitriles is 1. The largest absolute Gasteiger partial charge is 0.488 e. The van der Waals surface area contributed by atoms with Gasteiger partial charge in [-0.2, -0.15) is 10.4 Å². The lowest BCUT2D eigenvalue weighted by atomic mass is 9.87. The average Bonchev–Trinajstić information content (AvgIpc) is 3.42. The van der Waals surface area contributed by atoms with Crippen molar-refractivity contribution >= 4 is 11.3 Å². The first-order chi connectivity index (χ1) is 19.8. The summed E-state index contributed by atoms with van der Waals surface area (Å²) in [5.74, 6) is 3.16. The fourth-order valence-electron chi connectivity index (χ4n) is 5.52. The van der Waals surface area contributed by atoms with E-state index in [0.717, 1.165) is 42.0 Å². The van der Waals surface area contributed by atoms with Crippen LogP contribution in [0.5, 0.6) is 11.6 Å². The van der Waals surface area contributed by atoms with E-state index in [9.17, 15) is 14.8 Å². The van der Waals surface area contributed by atoms with Gasteiger partial charge in [0, 0.05) is 55.2 Å². The summed E-state index contributed by atoms with van der Waals surface area (Å²) in [5.41, 5.74) is 1.98. The minimum Gasteiger partial charge on any atom is -0.488 e. The third kappa shape index (κ3) is 5.02. The smallest absolute Gasteiger partial charge is 0.250 e. The van der Waals surface area contributed by atoms with Crippen molar-refractivity contribution in [3.05, 3.63) is 66.0 Å². The molecule has 0 saturated carbocycles. The van der Waals surface area contributed by atoms with Crippen LogP contribution < -0.4 is 14.4 Å². The maximum absolute atomic E-state index is 14.1. The summed E-state index contributed by atoms with van der Waals surface area (Å²) in [6.45, 7) is 3.67. The van der Waals surface area contributed by atoms with Crippen LogP contribution in [0.1, 0.15) is 24.5 Å². The van der Waals surface area contributed by atoms with Crippen LogP contribution in [0.4, 0.5) is 10.2 Å². The van der Waals surface area contributed by atoms with Crippen molar-refractivity contribution in [1.29, 1.82) is 5.26 Å². The number of halogens is 1. The van der Waals surface area contributed by atoms with Crippen molar-refractivity contribution in [3.8, 4) is 41.2 Å². The van der Waals surface area contributed by atoms with Gasteiger partial charge >= 0.3 is 0 Å². The highest BCUT2D eigenvalue weighted by Crippen LogP contribution is 2.37. The summed E-state index contributed by atoms with van der Waals surface area (Å²) < 4.78 is 26.4. The van der Waals surface area contributed by atoms with Crippen LogP contribution in [0.25, 0.3) is 16.6 Å². The van der Waals surface area contributed by atoms with Crippen LogP contribution in [0.2, 0.25) is 0 Å². The quantitative estimate of drug-likeness (QED) is 0.329. The molecule has 4 aromatic heterocycles. The molecule has 7 rings (SSSR count). The average molecular weight is 554 g/mol. The number of methoxy groups -OCH3 is 1. The summed E-state index contributed by atoms with van der Waals surface area (Å²) in [6, 6.07) is 10.1. The van der Waals surface area contributed by atoms with Crippen molar-refractivity contribution in [3.63, 3.8) is 0 Å². The summed E-state index contributed by atoms with van der Waals surface area (Å²) in [6.07, 6.45) is 13.1. The fourth-order valence-corrected chi connectivity index (χ4v) is 5.52. The maximum Gasteiger partial charge on any atom is 0.250 e. The molecule has 3 aliphatic heterocycles. The Morgan fingerprint density at radius 1 is 1.20 bits per heavy atom. The van der Waals surface area contributed by atoms with Gasteiger partial charge in [-0.05, 0) is 43.2 Å². The molecular weight excluding hydrogens is 525 g/mol. The second kappa shape index (κ2) is 10.4. The molecule has 3 atom stereocenters. The molecule has 4 aromatic rings. The van der Waals surface area contributed by atoms with E-state index in [4.69, 9.17) is 20.9 Å². The number of rotatable bonds is 8. The summed E-state index contributed by atoms with van der Waals surface area (Å²) in [7, 11) is 1.41. The molecule has 3 fully saturated rings. The molecule has 2 bridgehead atoms. The molecule has 0 amide bonds. The standard InChI is InChI=1S/C30H28FN7O3/c1-4-30(2,39)18-41-24-9-25(28-21(10-32)13-35-38(28)17-24)20-5-6-27(33-12-20)36-15-22-8-23(16-36)37(22)14-19-7-26(31)29(40-3)34-11-19/h1,5-7,9,11-13,17,22-23,39H,8,14-16,18H2,2-3H3. The second-order valence-electron chi connectivity index (χ2n) is 10.6. The first kappa shape index (κ1) is 26.5. The Hall–Kier alpha value is -4.71. The van der Waals surface area contributed by atoms with Crippen LogP contribution in [0, 0.1) is 29.5 Å². The van der Waals surface area contributed by atoms with Crippen molar-refractivity contribution in [1.82, 2.24) is 24.5 Å². The number of piperazine rings is 1. The van der Waals surface area contributed by atoms with E-state index in [1.54, 1.807) is 29.2 Å². The molecule has 7 heterocycles. The predicted octanol–water partition coefficient (Wildman–Crippen LogP) is 3.04. The topological polar surface area (TPSA) is 112 Å². The number of anilines is 1. The first-order valence-electron chi connectivity index (χ1n) is 13.2. The molecule has 3 aliphatic rings. The van der Waals surface area contributed by atoms with E-state index < -0.39 is 11.4 Å². The van der Waals surface area contributed by atoms with Crippen molar-refractivity contribution in [2.24, 2.45) is 0 Å². The molecule has 0 radical (unpaired) electrons. The Bertz CT molecular complexity index is 1680. The number of nitrogens with zero attached hydrogens (tertiary/aromatic N) is 7. The zero-order valence-corrected chi connectivity index (χ0v) is 22.7. The number of aliphatic hydroxyl groups is 1. The van der Waals surface area contributed by atoms with Crippen molar-refractivity contribution in [2.75, 3.05) is 31.7 Å². The van der Waals surface area contributed by atoms with Crippen LogP contribution >= 0.6 is 0 Å². The van der Waals surface area contributed by atoms with Crippen LogP contribution in [-0.4, -0.2) is 74.1 Å². The highest BCUT2D eigenvalue weighted by atomic mass is 19.1. The van der Waals surface area contributed by atoms with Gasteiger partial charge in [0.15, 0.2) is 11.4 Å². The van der Waals surface area contributed by atoms with E-state index >= 15 is 0 Å². The molecule has 1 N–H and O–H groups in total. The predicted molar refractivity (Wildman–Crippen MR) is 149 cm³/mol. The number of hydrogen-bond acceptors (Lipinski definition) is 9. The van der Waals surface area contributed by atoms with E-state index in [2.05, 4.69) is 31.9 Å². The van der Waals surface area contributed by atoms with Crippen molar-refractivity contribution < 1.29 is 19.0 Å². The summed E-state index contributed by atoms with van der Waals surface area (Å²) >= 11 is 0. The van der Waals surface area contributed by atoms with Gasteiger partial charge in [-0.3, -0.25) is 4.90 Å². The number of piperidine rings is 1. The molecule has 10 nitrogen and oxygen atoms in total. The monoisotopic (exact) mass is 553 g/mol. The van der Waals surface area contributed by atoms with Gasteiger partial charge in [0.05, 0.1) is 30.6 Å². The van der Waals surface area contributed by atoms with Gasteiger partial charge < -0.3 is 19.5 Å². The Morgan fingerprint density at radius 3 is 2.66 bits per heavy atom. The van der Waals surface area contributed by atoms with Gasteiger partial charge in [-0.1, -0.05) is 5.92 Å². The number of ether oxygens (including phenoxy) is 2. The number of pyridine rings is 3. The molecular formula is C30H28FN7O3. The Balaban J connectivity index is 1.19. The highest BCUT2D eigenvalue weighted by molar-refractivity contribution is 5.85. The lowest BCUT2D eigenvalue weighted by Crippen LogP contribution is -2.68. The third-order valence-corrected chi connectivity index (χ3v) is 7.69. The third-order valence-electron chi connectivity index (χ3n) is 7.69. The minimum atomic E-state index is -1.42. The fraction of sp³-hybridized carbons (Fsp3) is 0.333. The van der Waals surface area contributed by atoms with Gasteiger partial charge in [0.25, 0.3) is 0 Å². The van der Waals surface area contributed by atoms with Gasteiger partial charge in [0.2, 0.25) is 5.88 Å². The summed E-state index contributed by atoms with van der Waals surface area (Å²) in [5, 5.41) is 24.1. The van der Waals surface area contributed by atoms with Crippen LogP contribution in [0.3, 0.4) is 0 Å². The van der Waals surface area contributed by atoms with E-state index in [1.165, 1.54) is 26.3 Å². The molecule has 0 aromatic carbocycles. The van der Waals surface area contributed by atoms with E-state index in [1.807, 2.05) is 12.1 Å². The Labute approximate surface area is 236 Å². The first-order valence-corrected chi connectivity index (χ1v) is 13.2. The number of hydrogen-bond donors (Lipinski definition) is 1. The number of fused-ring (bicyclic) bond motifs is 3. The Kier molecular flexibility index (Phi) is 6.70. The maximum atomic E-state index is 14.1. The summed E-state index contributed by atoms with van der Waals surface area (Å²) in [4.78, 5) is 13.5.